The maximum atomic E-state index is 12.6. The normalized spacial score (nSPS) is 11.8. The molecule has 1 aromatic rings. The fraction of sp³-hybridized carbons (Fsp3) is 0.500. The summed E-state index contributed by atoms with van der Waals surface area (Å²) in [5, 5.41) is 5.21. The van der Waals surface area contributed by atoms with Gasteiger partial charge in [-0.25, -0.2) is 13.6 Å². The molecule has 1 amide bonds. The Bertz CT molecular complexity index is 642. The molecule has 0 aliphatic carbocycles. The Labute approximate surface area is 134 Å². The van der Waals surface area contributed by atoms with Gasteiger partial charge in [-0.1, -0.05) is 6.92 Å². The van der Waals surface area contributed by atoms with E-state index in [0.29, 0.717) is 22.1 Å². The summed E-state index contributed by atoms with van der Waals surface area (Å²) in [4.78, 5) is 14.2. The summed E-state index contributed by atoms with van der Waals surface area (Å²) in [5.41, 5.74) is 0.993. The van der Waals surface area contributed by atoms with Crippen LogP contribution in [0.15, 0.2) is 21.5 Å². The van der Waals surface area contributed by atoms with Crippen molar-refractivity contribution in [2.45, 2.75) is 45.1 Å². The number of nitrogens with two attached hydrogens (primary N) is 1. The molecule has 7 heteroatoms. The van der Waals surface area contributed by atoms with E-state index in [1.165, 1.54) is 6.07 Å². The predicted octanol–water partition coefficient (Wildman–Crippen LogP) is 2.67. The molecule has 0 unspecified atom stereocenters. The summed E-state index contributed by atoms with van der Waals surface area (Å²) in [7, 11) is -3.89. The molecule has 2 N–H and O–H groups in total. The van der Waals surface area contributed by atoms with Gasteiger partial charge in [-0.2, -0.15) is 0 Å². The molecule has 0 aliphatic heterocycles. The van der Waals surface area contributed by atoms with Crippen molar-refractivity contribution in [3.8, 4) is 0 Å². The van der Waals surface area contributed by atoms with Crippen LogP contribution in [-0.4, -0.2) is 31.8 Å². The number of amides is 1. The molecule has 118 valence electrons. The van der Waals surface area contributed by atoms with E-state index in [9.17, 15) is 13.2 Å². The van der Waals surface area contributed by atoms with E-state index in [-0.39, 0.29) is 16.8 Å². The summed E-state index contributed by atoms with van der Waals surface area (Å²) in [5.74, 6) is -0.188. The number of carbonyl (C=O) groups is 1. The highest BCUT2D eigenvalue weighted by molar-refractivity contribution is 9.10. The Kier molecular flexibility index (Phi) is 5.95. The smallest absolute Gasteiger partial charge is 0.254 e. The zero-order valence-corrected chi connectivity index (χ0v) is 15.1. The highest BCUT2D eigenvalue weighted by atomic mass is 79.9. The average Bonchev–Trinajstić information content (AvgIpc) is 2.36. The molecule has 0 atom stereocenters. The third-order valence-electron chi connectivity index (χ3n) is 3.12. The summed E-state index contributed by atoms with van der Waals surface area (Å²) in [6.45, 7) is 8.20. The predicted molar refractivity (Wildman–Crippen MR) is 86.7 cm³/mol. The highest BCUT2D eigenvalue weighted by Gasteiger charge is 2.22. The molecule has 1 aromatic carbocycles. The molecule has 21 heavy (non-hydrogen) atoms. The van der Waals surface area contributed by atoms with Crippen molar-refractivity contribution in [2.75, 3.05) is 6.54 Å². The van der Waals surface area contributed by atoms with E-state index in [1.807, 2.05) is 20.8 Å². The number of rotatable bonds is 5. The van der Waals surface area contributed by atoms with Gasteiger partial charge in [0.15, 0.2) is 0 Å². The number of hydrogen-bond acceptors (Lipinski definition) is 3. The first-order chi connectivity index (χ1) is 9.59. The molecular weight excluding hydrogens is 356 g/mol. The lowest BCUT2D eigenvalue weighted by molar-refractivity contribution is 0.0705. The Morgan fingerprint density at radius 2 is 1.95 bits per heavy atom. The SMILES string of the molecule is CCCN(C(=O)c1cc(C)c(Br)c(S(N)(=O)=O)c1)C(C)C. The summed E-state index contributed by atoms with van der Waals surface area (Å²) >= 11 is 3.21. The first-order valence-corrected chi connectivity index (χ1v) is 9.07. The fourth-order valence-corrected chi connectivity index (χ4v) is 3.68. The van der Waals surface area contributed by atoms with Crippen LogP contribution in [0.3, 0.4) is 0 Å². The zero-order chi connectivity index (χ0) is 16.4. The Balaban J connectivity index is 3.38. The Morgan fingerprint density at radius 3 is 2.38 bits per heavy atom. The number of primary sulfonamides is 1. The molecule has 0 bridgehead atoms. The van der Waals surface area contributed by atoms with Gasteiger partial charge in [-0.3, -0.25) is 4.79 Å². The van der Waals surface area contributed by atoms with Crippen molar-refractivity contribution in [3.63, 3.8) is 0 Å². The molecule has 0 spiro atoms. The molecule has 1 rings (SSSR count). The monoisotopic (exact) mass is 376 g/mol. The van der Waals surface area contributed by atoms with Crippen LogP contribution >= 0.6 is 15.9 Å². The second-order valence-electron chi connectivity index (χ2n) is 5.24. The second-order valence-corrected chi connectivity index (χ2v) is 7.57. The van der Waals surface area contributed by atoms with Crippen LogP contribution < -0.4 is 5.14 Å². The summed E-state index contributed by atoms with van der Waals surface area (Å²) < 4.78 is 23.7. The minimum absolute atomic E-state index is 0.0411. The molecule has 0 saturated heterocycles. The lowest BCUT2D eigenvalue weighted by Crippen LogP contribution is -2.37. The lowest BCUT2D eigenvalue weighted by Gasteiger charge is -2.26. The number of halogens is 1. The minimum Gasteiger partial charge on any atom is -0.336 e. The lowest BCUT2D eigenvalue weighted by atomic mass is 10.1. The van der Waals surface area contributed by atoms with Gasteiger partial charge in [-0.15, -0.1) is 0 Å². The number of nitrogens with zero attached hydrogens (tertiary/aromatic N) is 1. The zero-order valence-electron chi connectivity index (χ0n) is 12.7. The quantitative estimate of drug-likeness (QED) is 0.857. The van der Waals surface area contributed by atoms with E-state index < -0.39 is 10.0 Å². The van der Waals surface area contributed by atoms with E-state index in [0.717, 1.165) is 6.42 Å². The van der Waals surface area contributed by atoms with Gasteiger partial charge in [-0.05, 0) is 60.8 Å². The van der Waals surface area contributed by atoms with Gasteiger partial charge in [0.05, 0.1) is 4.90 Å². The van der Waals surface area contributed by atoms with Crippen LogP contribution in [0.5, 0.6) is 0 Å². The van der Waals surface area contributed by atoms with Crippen LogP contribution in [0.2, 0.25) is 0 Å². The van der Waals surface area contributed by atoms with Gasteiger partial charge < -0.3 is 4.90 Å². The summed E-state index contributed by atoms with van der Waals surface area (Å²) in [6, 6.07) is 3.05. The van der Waals surface area contributed by atoms with Crippen molar-refractivity contribution in [1.29, 1.82) is 0 Å². The van der Waals surface area contributed by atoms with Gasteiger partial charge >= 0.3 is 0 Å². The first kappa shape index (κ1) is 18.1. The van der Waals surface area contributed by atoms with Crippen LogP contribution in [0.4, 0.5) is 0 Å². The van der Waals surface area contributed by atoms with E-state index in [2.05, 4.69) is 15.9 Å². The van der Waals surface area contributed by atoms with Gasteiger partial charge in [0.1, 0.15) is 0 Å². The van der Waals surface area contributed by atoms with Crippen molar-refractivity contribution < 1.29 is 13.2 Å². The van der Waals surface area contributed by atoms with Crippen molar-refractivity contribution in [3.05, 3.63) is 27.7 Å². The Hall–Kier alpha value is -0.920. The minimum atomic E-state index is -3.89. The molecule has 0 aliphatic rings. The Morgan fingerprint density at radius 1 is 1.38 bits per heavy atom. The van der Waals surface area contributed by atoms with E-state index in [1.54, 1.807) is 17.9 Å². The number of hydrogen-bond donors (Lipinski definition) is 1. The largest absolute Gasteiger partial charge is 0.336 e. The number of sulfonamides is 1. The van der Waals surface area contributed by atoms with Gasteiger partial charge in [0, 0.05) is 22.6 Å². The standard InChI is InChI=1S/C14H21BrN2O3S/c1-5-6-17(9(2)3)14(18)11-7-10(4)13(15)12(8-11)21(16,19)20/h7-9H,5-6H2,1-4H3,(H2,16,19,20). The maximum absolute atomic E-state index is 12.6. The van der Waals surface area contributed by atoms with E-state index >= 15 is 0 Å². The third-order valence-corrected chi connectivity index (χ3v) is 5.37. The van der Waals surface area contributed by atoms with Gasteiger partial charge in [0.25, 0.3) is 5.91 Å². The van der Waals surface area contributed by atoms with Crippen LogP contribution in [0.25, 0.3) is 0 Å². The van der Waals surface area contributed by atoms with E-state index in [4.69, 9.17) is 5.14 Å². The number of benzene rings is 1. The van der Waals surface area contributed by atoms with Crippen LogP contribution in [0.1, 0.15) is 43.1 Å². The average molecular weight is 377 g/mol. The number of carbonyl (C=O) groups excluding carboxylic acids is 1. The fourth-order valence-electron chi connectivity index (χ4n) is 2.07. The third kappa shape index (κ3) is 4.28. The second kappa shape index (κ2) is 6.89. The molecule has 0 radical (unpaired) electrons. The molecule has 5 nitrogen and oxygen atoms in total. The molecule has 0 aromatic heterocycles. The highest BCUT2D eigenvalue weighted by Crippen LogP contribution is 2.27. The topological polar surface area (TPSA) is 80.5 Å². The molecule has 0 heterocycles. The van der Waals surface area contributed by atoms with Crippen molar-refractivity contribution in [1.82, 2.24) is 4.90 Å². The number of aryl methyl sites for hydroxylation is 1. The summed E-state index contributed by atoms with van der Waals surface area (Å²) in [6.07, 6.45) is 0.835. The van der Waals surface area contributed by atoms with Gasteiger partial charge in [0.2, 0.25) is 10.0 Å². The maximum Gasteiger partial charge on any atom is 0.254 e. The van der Waals surface area contributed by atoms with Crippen LogP contribution in [-0.2, 0) is 10.0 Å². The molecular formula is C14H21BrN2O3S. The van der Waals surface area contributed by atoms with Crippen molar-refractivity contribution >= 4 is 31.9 Å². The first-order valence-electron chi connectivity index (χ1n) is 6.73. The van der Waals surface area contributed by atoms with Crippen molar-refractivity contribution in [2.24, 2.45) is 5.14 Å². The molecule has 0 fully saturated rings. The molecule has 0 saturated carbocycles. The van der Waals surface area contributed by atoms with Crippen LogP contribution in [0, 0.1) is 6.92 Å².